The van der Waals surface area contributed by atoms with Gasteiger partial charge in [-0.15, -0.1) is 11.3 Å². The zero-order valence-corrected chi connectivity index (χ0v) is 12.5. The quantitative estimate of drug-likeness (QED) is 0.467. The lowest BCUT2D eigenvalue weighted by atomic mass is 10.3. The molecule has 0 fully saturated rings. The second-order valence-electron chi connectivity index (χ2n) is 3.66. The van der Waals surface area contributed by atoms with Gasteiger partial charge in [0.2, 0.25) is 5.13 Å². The highest BCUT2D eigenvalue weighted by Crippen LogP contribution is 2.16. The lowest BCUT2D eigenvalue weighted by Gasteiger charge is -2.00. The van der Waals surface area contributed by atoms with Crippen LogP contribution in [0.5, 0.6) is 0 Å². The molecule has 0 amide bonds. The van der Waals surface area contributed by atoms with Crippen LogP contribution in [0.25, 0.3) is 0 Å². The molecule has 0 bridgehead atoms. The van der Waals surface area contributed by atoms with Gasteiger partial charge in [-0.1, -0.05) is 0 Å². The standard InChI is InChI=1S/C12H17N3O4S/c1-4-18-10(16)6-9-7-20-12(13-9)15-14-8(3)11(17)19-5-2/h7H,4-6H2,1-3H3,(H,13,15). The Morgan fingerprint density at radius 2 is 2.05 bits per heavy atom. The zero-order chi connectivity index (χ0) is 15.0. The van der Waals surface area contributed by atoms with E-state index in [1.807, 2.05) is 0 Å². The third kappa shape index (κ3) is 5.35. The topological polar surface area (TPSA) is 89.9 Å². The fraction of sp³-hybridized carbons (Fsp3) is 0.500. The molecule has 0 radical (unpaired) electrons. The second-order valence-corrected chi connectivity index (χ2v) is 4.51. The number of thiazole rings is 1. The van der Waals surface area contributed by atoms with Gasteiger partial charge in [0.15, 0.2) is 0 Å². The van der Waals surface area contributed by atoms with E-state index >= 15 is 0 Å². The van der Waals surface area contributed by atoms with E-state index in [0.29, 0.717) is 24.0 Å². The number of carbonyl (C=O) groups excluding carboxylic acids is 2. The van der Waals surface area contributed by atoms with Gasteiger partial charge in [0.05, 0.1) is 25.3 Å². The number of anilines is 1. The van der Waals surface area contributed by atoms with Crippen LogP contribution in [0.3, 0.4) is 0 Å². The van der Waals surface area contributed by atoms with Crippen molar-refractivity contribution >= 4 is 34.1 Å². The minimum atomic E-state index is -0.483. The molecule has 110 valence electrons. The van der Waals surface area contributed by atoms with Gasteiger partial charge in [-0.2, -0.15) is 5.10 Å². The molecular weight excluding hydrogens is 282 g/mol. The van der Waals surface area contributed by atoms with Crippen LogP contribution in [-0.2, 0) is 25.5 Å². The molecule has 0 saturated heterocycles. The average molecular weight is 299 g/mol. The predicted molar refractivity (Wildman–Crippen MR) is 75.8 cm³/mol. The van der Waals surface area contributed by atoms with Crippen molar-refractivity contribution in [2.24, 2.45) is 5.10 Å². The number of hydrogen-bond donors (Lipinski definition) is 1. The van der Waals surface area contributed by atoms with E-state index in [-0.39, 0.29) is 18.1 Å². The molecule has 0 saturated carbocycles. The minimum Gasteiger partial charge on any atom is -0.466 e. The van der Waals surface area contributed by atoms with E-state index in [2.05, 4.69) is 15.5 Å². The minimum absolute atomic E-state index is 0.118. The van der Waals surface area contributed by atoms with Gasteiger partial charge in [0.25, 0.3) is 0 Å². The summed E-state index contributed by atoms with van der Waals surface area (Å²) in [5.41, 5.74) is 3.45. The molecule has 1 N–H and O–H groups in total. The number of nitrogens with zero attached hydrogens (tertiary/aromatic N) is 2. The molecule has 0 aromatic carbocycles. The highest BCUT2D eigenvalue weighted by molar-refractivity contribution is 7.13. The lowest BCUT2D eigenvalue weighted by molar-refractivity contribution is -0.142. The van der Waals surface area contributed by atoms with E-state index in [1.54, 1.807) is 19.2 Å². The summed E-state index contributed by atoms with van der Waals surface area (Å²) >= 11 is 1.29. The van der Waals surface area contributed by atoms with Gasteiger partial charge in [0.1, 0.15) is 5.71 Å². The molecule has 0 unspecified atom stereocenters. The van der Waals surface area contributed by atoms with Crippen molar-refractivity contribution in [2.45, 2.75) is 27.2 Å². The van der Waals surface area contributed by atoms with Crippen LogP contribution in [0.15, 0.2) is 10.5 Å². The summed E-state index contributed by atoms with van der Waals surface area (Å²) < 4.78 is 9.62. The predicted octanol–water partition coefficient (Wildman–Crippen LogP) is 1.60. The van der Waals surface area contributed by atoms with E-state index in [0.717, 1.165) is 0 Å². The van der Waals surface area contributed by atoms with E-state index in [9.17, 15) is 9.59 Å². The maximum absolute atomic E-state index is 11.3. The lowest BCUT2D eigenvalue weighted by Crippen LogP contribution is -2.15. The first-order valence-electron chi connectivity index (χ1n) is 6.14. The van der Waals surface area contributed by atoms with Crippen molar-refractivity contribution in [3.63, 3.8) is 0 Å². The normalized spacial score (nSPS) is 11.1. The molecule has 20 heavy (non-hydrogen) atoms. The first-order chi connectivity index (χ1) is 9.56. The van der Waals surface area contributed by atoms with Gasteiger partial charge in [-0.3, -0.25) is 10.2 Å². The molecule has 1 aromatic heterocycles. The van der Waals surface area contributed by atoms with Crippen LogP contribution < -0.4 is 5.43 Å². The summed E-state index contributed by atoms with van der Waals surface area (Å²) in [6.45, 7) is 5.65. The maximum atomic E-state index is 11.3. The van der Waals surface area contributed by atoms with Crippen molar-refractivity contribution in [2.75, 3.05) is 18.6 Å². The summed E-state index contributed by atoms with van der Waals surface area (Å²) in [5.74, 6) is -0.807. The summed E-state index contributed by atoms with van der Waals surface area (Å²) in [5, 5.41) is 6.09. The first kappa shape index (κ1) is 16.1. The van der Waals surface area contributed by atoms with Crippen molar-refractivity contribution < 1.29 is 19.1 Å². The van der Waals surface area contributed by atoms with Gasteiger partial charge >= 0.3 is 11.9 Å². The smallest absolute Gasteiger partial charge is 0.354 e. The first-order valence-corrected chi connectivity index (χ1v) is 7.02. The molecule has 0 aliphatic rings. The molecule has 0 aliphatic heterocycles. The SMILES string of the molecule is CCOC(=O)Cc1csc(NN=C(C)C(=O)OCC)n1. The Balaban J connectivity index is 2.54. The van der Waals surface area contributed by atoms with Crippen molar-refractivity contribution in [1.82, 2.24) is 4.98 Å². The summed E-state index contributed by atoms with van der Waals surface area (Å²) in [4.78, 5) is 26.8. The Kier molecular flexibility index (Phi) is 6.65. The van der Waals surface area contributed by atoms with Crippen LogP contribution in [0, 0.1) is 0 Å². The van der Waals surface area contributed by atoms with E-state index < -0.39 is 5.97 Å². The third-order valence-corrected chi connectivity index (χ3v) is 2.87. The average Bonchev–Trinajstić information content (AvgIpc) is 2.84. The van der Waals surface area contributed by atoms with Crippen molar-refractivity contribution in [3.05, 3.63) is 11.1 Å². The van der Waals surface area contributed by atoms with Gasteiger partial charge in [-0.05, 0) is 20.8 Å². The van der Waals surface area contributed by atoms with Crippen LogP contribution in [0.1, 0.15) is 26.5 Å². The highest BCUT2D eigenvalue weighted by Gasteiger charge is 2.09. The van der Waals surface area contributed by atoms with E-state index in [4.69, 9.17) is 9.47 Å². The van der Waals surface area contributed by atoms with Crippen LogP contribution in [0.2, 0.25) is 0 Å². The van der Waals surface area contributed by atoms with Gasteiger partial charge < -0.3 is 9.47 Å². The molecule has 1 aromatic rings. The fourth-order valence-corrected chi connectivity index (χ4v) is 1.86. The molecular formula is C12H17N3O4S. The highest BCUT2D eigenvalue weighted by atomic mass is 32.1. The Morgan fingerprint density at radius 3 is 2.70 bits per heavy atom. The molecule has 1 rings (SSSR count). The number of esters is 2. The van der Waals surface area contributed by atoms with Crippen LogP contribution >= 0.6 is 11.3 Å². The number of nitrogens with one attached hydrogen (secondary N) is 1. The Labute approximate surface area is 121 Å². The molecule has 8 heteroatoms. The number of rotatable bonds is 7. The number of carbonyl (C=O) groups is 2. The van der Waals surface area contributed by atoms with Crippen molar-refractivity contribution in [1.29, 1.82) is 0 Å². The molecule has 0 atom stereocenters. The zero-order valence-electron chi connectivity index (χ0n) is 11.6. The third-order valence-electron chi connectivity index (χ3n) is 2.07. The van der Waals surface area contributed by atoms with Gasteiger partial charge in [0, 0.05) is 5.38 Å². The molecule has 1 heterocycles. The summed E-state index contributed by atoms with van der Waals surface area (Å²) in [7, 11) is 0. The maximum Gasteiger partial charge on any atom is 0.354 e. The van der Waals surface area contributed by atoms with Crippen molar-refractivity contribution in [3.8, 4) is 0 Å². The fourth-order valence-electron chi connectivity index (χ4n) is 1.21. The second kappa shape index (κ2) is 8.26. The summed E-state index contributed by atoms with van der Waals surface area (Å²) in [6, 6.07) is 0. The number of aromatic nitrogens is 1. The number of hydrazone groups is 1. The monoisotopic (exact) mass is 299 g/mol. The summed E-state index contributed by atoms with van der Waals surface area (Å²) in [6.07, 6.45) is 0.118. The Morgan fingerprint density at radius 1 is 1.35 bits per heavy atom. The largest absolute Gasteiger partial charge is 0.466 e. The van der Waals surface area contributed by atoms with Gasteiger partial charge in [-0.25, -0.2) is 9.78 Å². The molecule has 0 spiro atoms. The number of ether oxygens (including phenoxy) is 2. The Bertz CT molecular complexity index is 499. The molecule has 7 nitrogen and oxygen atoms in total. The van der Waals surface area contributed by atoms with Crippen LogP contribution in [0.4, 0.5) is 5.13 Å². The number of hydrogen-bond acceptors (Lipinski definition) is 8. The Hall–Kier alpha value is -1.96. The van der Waals surface area contributed by atoms with Crippen LogP contribution in [-0.4, -0.2) is 35.8 Å². The molecule has 0 aliphatic carbocycles. The van der Waals surface area contributed by atoms with E-state index in [1.165, 1.54) is 18.3 Å².